The molecule has 0 unspecified atom stereocenters. The van der Waals surface area contributed by atoms with E-state index in [0.29, 0.717) is 11.5 Å². The number of aromatic amines is 1. The minimum atomic E-state index is -1.67. The van der Waals surface area contributed by atoms with Crippen LogP contribution in [0.15, 0.2) is 12.4 Å². The van der Waals surface area contributed by atoms with Crippen LogP contribution in [-0.2, 0) is 10.2 Å². The number of nitrogens with zero attached hydrogens (tertiary/aromatic N) is 3. The molecule has 0 aliphatic carbocycles. The third kappa shape index (κ3) is 4.55. The van der Waals surface area contributed by atoms with Crippen molar-refractivity contribution in [2.75, 3.05) is 11.9 Å². The molecule has 2 N–H and O–H groups in total. The molecule has 10 heteroatoms. The molecule has 0 radical (unpaired) electrons. The Morgan fingerprint density at radius 3 is 2.54 bits per heavy atom. The number of ether oxygens (including phenoxy) is 1. The van der Waals surface area contributed by atoms with Crippen LogP contribution in [0.5, 0.6) is 0 Å². The van der Waals surface area contributed by atoms with Crippen LogP contribution in [0.1, 0.15) is 32.0 Å². The van der Waals surface area contributed by atoms with Crippen molar-refractivity contribution in [1.82, 2.24) is 20.0 Å². The minimum absolute atomic E-state index is 0.211. The quantitative estimate of drug-likeness (QED) is 0.767. The number of halogens is 3. The Bertz CT molecular complexity index is 714. The molecule has 0 aliphatic rings. The number of hydrogen-bond acceptors (Lipinski definition) is 4. The molecule has 2 aromatic heterocycles. The number of anilines is 1. The summed E-state index contributed by atoms with van der Waals surface area (Å²) in [6.07, 6.45) is 2.52. The largest absolute Gasteiger partial charge is 0.445 e. The number of rotatable bonds is 3. The monoisotopic (exact) mass is 393 g/mol. The van der Waals surface area contributed by atoms with Crippen LogP contribution in [0.2, 0.25) is 0 Å². The van der Waals surface area contributed by atoms with Crippen molar-refractivity contribution in [2.24, 2.45) is 0 Å². The Labute approximate surface area is 154 Å². The van der Waals surface area contributed by atoms with Crippen LogP contribution < -0.4 is 5.32 Å². The van der Waals surface area contributed by atoms with Crippen LogP contribution in [-0.4, -0.2) is 36.5 Å². The minimum Gasteiger partial charge on any atom is -0.445 e. The van der Waals surface area contributed by atoms with Gasteiger partial charge in [-0.25, -0.2) is 9.48 Å². The number of carbonyl (C=O) groups is 1. The summed E-state index contributed by atoms with van der Waals surface area (Å²) < 4.78 is 4.83. The zero-order valence-corrected chi connectivity index (χ0v) is 15.9. The van der Waals surface area contributed by atoms with Crippen molar-refractivity contribution in [3.8, 4) is 5.69 Å². The zero-order chi connectivity index (χ0) is 18.1. The summed E-state index contributed by atoms with van der Waals surface area (Å²) in [5.41, 5.74) is 2.11. The summed E-state index contributed by atoms with van der Waals surface area (Å²) in [6, 6.07) is 0. The molecule has 0 bridgehead atoms. The molecule has 0 aliphatic heterocycles. The molecular weight excluding hydrogens is 377 g/mol. The van der Waals surface area contributed by atoms with Gasteiger partial charge in [-0.05, 0) is 6.92 Å². The van der Waals surface area contributed by atoms with Gasteiger partial charge in [0.2, 0.25) is 3.79 Å². The topological polar surface area (TPSA) is 84.8 Å². The van der Waals surface area contributed by atoms with E-state index in [9.17, 15) is 4.79 Å². The lowest BCUT2D eigenvalue weighted by molar-refractivity contribution is 0.163. The van der Waals surface area contributed by atoms with Crippen LogP contribution in [0.25, 0.3) is 5.69 Å². The first kappa shape index (κ1) is 18.9. The van der Waals surface area contributed by atoms with Gasteiger partial charge in [-0.3, -0.25) is 10.4 Å². The summed E-state index contributed by atoms with van der Waals surface area (Å²) in [5.74, 6) is 0.468. The second kappa shape index (κ2) is 6.82. The molecule has 2 heterocycles. The molecular formula is C14H18Cl3N5O2. The Hall–Kier alpha value is -1.44. The van der Waals surface area contributed by atoms with Gasteiger partial charge in [0.25, 0.3) is 0 Å². The molecule has 0 saturated carbocycles. The average molecular weight is 395 g/mol. The third-order valence-corrected chi connectivity index (χ3v) is 3.48. The summed E-state index contributed by atoms with van der Waals surface area (Å²) in [4.78, 5) is 12.0. The van der Waals surface area contributed by atoms with Gasteiger partial charge in [0.15, 0.2) is 0 Å². The lowest BCUT2D eigenvalue weighted by atomic mass is 9.90. The third-order valence-electron chi connectivity index (χ3n) is 3.15. The molecule has 7 nitrogen and oxygen atoms in total. The van der Waals surface area contributed by atoms with Crippen LogP contribution >= 0.6 is 34.8 Å². The van der Waals surface area contributed by atoms with Crippen molar-refractivity contribution in [1.29, 1.82) is 0 Å². The van der Waals surface area contributed by atoms with Crippen molar-refractivity contribution in [3.05, 3.63) is 23.7 Å². The summed E-state index contributed by atoms with van der Waals surface area (Å²) in [5, 5.41) is 13.9. The van der Waals surface area contributed by atoms with Gasteiger partial charge in [0.05, 0.1) is 11.9 Å². The van der Waals surface area contributed by atoms with Gasteiger partial charge in [-0.2, -0.15) is 10.2 Å². The van der Waals surface area contributed by atoms with Crippen molar-refractivity contribution >= 4 is 46.7 Å². The first-order valence-corrected chi connectivity index (χ1v) is 8.22. The fourth-order valence-corrected chi connectivity index (χ4v) is 2.35. The maximum absolute atomic E-state index is 12.0. The molecule has 0 spiro atoms. The lowest BCUT2D eigenvalue weighted by Gasteiger charge is -2.16. The standard InChI is InChI=1S/C14H18Cl3N5O2/c1-8-10(13(2,3)4)21-22(9-5-18-19-6-9)11(8)20-12(23)24-7-14(15,16)17/h5-6H,7H2,1-4H3,(H,18,19)(H,20,23). The Morgan fingerprint density at radius 1 is 1.38 bits per heavy atom. The van der Waals surface area contributed by atoms with Crippen molar-refractivity contribution in [2.45, 2.75) is 36.9 Å². The average Bonchev–Trinajstić information content (AvgIpc) is 3.04. The molecule has 0 saturated heterocycles. The number of nitrogens with one attached hydrogen (secondary N) is 2. The summed E-state index contributed by atoms with van der Waals surface area (Å²) in [7, 11) is 0. The van der Waals surface area contributed by atoms with E-state index in [1.54, 1.807) is 17.1 Å². The van der Waals surface area contributed by atoms with Crippen LogP contribution in [0.3, 0.4) is 0 Å². The molecule has 1 amide bonds. The van der Waals surface area contributed by atoms with E-state index >= 15 is 0 Å². The fourth-order valence-electron chi connectivity index (χ4n) is 2.18. The van der Waals surface area contributed by atoms with E-state index < -0.39 is 9.89 Å². The SMILES string of the molecule is Cc1c(C(C)(C)C)nn(-c2cn[nH]c2)c1NC(=O)OCC(Cl)(Cl)Cl. The van der Waals surface area contributed by atoms with Crippen LogP contribution in [0, 0.1) is 6.92 Å². The second-order valence-electron chi connectivity index (χ2n) is 6.26. The number of hydrogen-bond donors (Lipinski definition) is 2. The number of amides is 1. The van der Waals surface area contributed by atoms with E-state index in [-0.39, 0.29) is 12.0 Å². The molecule has 132 valence electrons. The summed E-state index contributed by atoms with van der Waals surface area (Å²) >= 11 is 16.8. The van der Waals surface area contributed by atoms with Gasteiger partial charge in [0, 0.05) is 17.2 Å². The number of carbonyl (C=O) groups excluding carboxylic acids is 1. The molecule has 2 rings (SSSR count). The van der Waals surface area contributed by atoms with E-state index in [1.807, 2.05) is 27.7 Å². The predicted octanol–water partition coefficient (Wildman–Crippen LogP) is 4.12. The Balaban J connectivity index is 2.34. The highest BCUT2D eigenvalue weighted by atomic mass is 35.6. The van der Waals surface area contributed by atoms with E-state index in [1.165, 1.54) is 0 Å². The highest BCUT2D eigenvalue weighted by Gasteiger charge is 2.27. The van der Waals surface area contributed by atoms with Gasteiger partial charge in [0.1, 0.15) is 18.1 Å². The fraction of sp³-hybridized carbons (Fsp3) is 0.500. The normalized spacial score (nSPS) is 12.3. The Kier molecular flexibility index (Phi) is 5.37. The van der Waals surface area contributed by atoms with E-state index in [4.69, 9.17) is 39.5 Å². The second-order valence-corrected chi connectivity index (χ2v) is 8.77. The smallest absolute Gasteiger partial charge is 0.412 e. The first-order valence-electron chi connectivity index (χ1n) is 7.09. The number of H-pyrrole nitrogens is 1. The van der Waals surface area contributed by atoms with E-state index in [2.05, 4.69) is 20.6 Å². The van der Waals surface area contributed by atoms with Gasteiger partial charge >= 0.3 is 6.09 Å². The molecule has 2 aromatic rings. The lowest BCUT2D eigenvalue weighted by Crippen LogP contribution is -2.22. The molecule has 0 atom stereocenters. The highest BCUT2D eigenvalue weighted by molar-refractivity contribution is 6.67. The maximum Gasteiger partial charge on any atom is 0.412 e. The van der Waals surface area contributed by atoms with Crippen molar-refractivity contribution < 1.29 is 9.53 Å². The van der Waals surface area contributed by atoms with Crippen molar-refractivity contribution in [3.63, 3.8) is 0 Å². The zero-order valence-electron chi connectivity index (χ0n) is 13.7. The van der Waals surface area contributed by atoms with Crippen LogP contribution in [0.4, 0.5) is 10.6 Å². The maximum atomic E-state index is 12.0. The van der Waals surface area contributed by atoms with Gasteiger partial charge in [-0.1, -0.05) is 55.6 Å². The first-order chi connectivity index (χ1) is 11.0. The molecule has 0 fully saturated rings. The van der Waals surface area contributed by atoms with Gasteiger partial charge in [-0.15, -0.1) is 0 Å². The molecule has 24 heavy (non-hydrogen) atoms. The number of alkyl halides is 3. The summed E-state index contributed by atoms with van der Waals surface area (Å²) in [6.45, 7) is 7.61. The number of aromatic nitrogens is 4. The predicted molar refractivity (Wildman–Crippen MR) is 94.4 cm³/mol. The molecule has 0 aromatic carbocycles. The van der Waals surface area contributed by atoms with Gasteiger partial charge < -0.3 is 4.74 Å². The highest BCUT2D eigenvalue weighted by Crippen LogP contribution is 2.31. The van der Waals surface area contributed by atoms with E-state index in [0.717, 1.165) is 11.3 Å². The Morgan fingerprint density at radius 2 is 2.04 bits per heavy atom.